The van der Waals surface area contributed by atoms with Crippen molar-refractivity contribution in [3.8, 4) is 11.3 Å². The van der Waals surface area contributed by atoms with Crippen molar-refractivity contribution in [2.24, 2.45) is 5.92 Å². The van der Waals surface area contributed by atoms with E-state index < -0.39 is 52.2 Å². The molecule has 7 nitrogen and oxygen atoms in total. The molecule has 0 saturated carbocycles. The Balaban J connectivity index is 1.53. The average Bonchev–Trinajstić information content (AvgIpc) is 3.31. The van der Waals surface area contributed by atoms with Crippen molar-refractivity contribution in [1.82, 2.24) is 24.5 Å². The van der Waals surface area contributed by atoms with Crippen LogP contribution in [-0.2, 0) is 18.8 Å². The number of amides is 1. The first-order chi connectivity index (χ1) is 18.8. The quantitative estimate of drug-likeness (QED) is 0.323. The smallest absolute Gasteiger partial charge is 0.382 e. The maximum absolute atomic E-state index is 13.9. The molecule has 1 atom stereocenters. The normalized spacial score (nSPS) is 16.5. The van der Waals surface area contributed by atoms with Crippen LogP contribution in [0.4, 0.5) is 36.6 Å². The van der Waals surface area contributed by atoms with E-state index >= 15 is 0 Å². The molecule has 14 heteroatoms. The van der Waals surface area contributed by atoms with Crippen LogP contribution in [0.5, 0.6) is 0 Å². The van der Waals surface area contributed by atoms with E-state index in [1.807, 2.05) is 0 Å². The topological polar surface area (TPSA) is 89.4 Å². The molecule has 1 aromatic carbocycles. The molecule has 0 bridgehead atoms. The van der Waals surface area contributed by atoms with Gasteiger partial charge in [-0.3, -0.25) is 9.78 Å². The van der Waals surface area contributed by atoms with Crippen LogP contribution in [0.25, 0.3) is 16.8 Å². The summed E-state index contributed by atoms with van der Waals surface area (Å²) in [5.41, 5.74) is 2.02. The number of alkyl halides is 6. The summed E-state index contributed by atoms with van der Waals surface area (Å²) in [6.45, 7) is 0.337. The molecule has 1 aliphatic heterocycles. The van der Waals surface area contributed by atoms with Gasteiger partial charge < -0.3 is 10.6 Å². The Labute approximate surface area is 222 Å². The number of hydrogen-bond acceptors (Lipinski definition) is 5. The number of pyridine rings is 1. The third-order valence-electron chi connectivity index (χ3n) is 6.81. The summed E-state index contributed by atoms with van der Waals surface area (Å²) in [5, 5.41) is 3.80. The highest BCUT2D eigenvalue weighted by molar-refractivity contribution is 5.97. The molecule has 40 heavy (non-hydrogen) atoms. The van der Waals surface area contributed by atoms with Gasteiger partial charge in [-0.15, -0.1) is 0 Å². The monoisotopic (exact) mass is 566 g/mol. The Hall–Kier alpha value is -4.23. The van der Waals surface area contributed by atoms with E-state index in [-0.39, 0.29) is 30.3 Å². The average molecular weight is 566 g/mol. The van der Waals surface area contributed by atoms with Gasteiger partial charge in [0.05, 0.1) is 16.8 Å². The number of carbonyl (C=O) groups excluding carboxylic acids is 1. The van der Waals surface area contributed by atoms with E-state index in [4.69, 9.17) is 5.73 Å². The van der Waals surface area contributed by atoms with Gasteiger partial charge in [0.2, 0.25) is 0 Å². The molecule has 210 valence electrons. The maximum atomic E-state index is 13.9. The fraction of sp³-hybridized carbons (Fsp3) is 0.308. The van der Waals surface area contributed by atoms with Crippen LogP contribution in [0.1, 0.15) is 40.0 Å². The van der Waals surface area contributed by atoms with Crippen molar-refractivity contribution in [2.75, 3.05) is 18.8 Å². The van der Waals surface area contributed by atoms with Crippen molar-refractivity contribution >= 4 is 17.2 Å². The van der Waals surface area contributed by atoms with E-state index in [1.165, 1.54) is 17.0 Å². The van der Waals surface area contributed by atoms with E-state index in [9.17, 15) is 35.5 Å². The highest BCUT2D eigenvalue weighted by Crippen LogP contribution is 2.40. The standard InChI is InChI=1S/C26H21F7N6O/c27-17-5-3-14(4-6-17)8-15-2-1-7-38(12-15)24(40)18-9-16(11-35-22(18)26(31,32)33)20-10-19(25(28,29)30)21-23(34)36-13-37-39(20)21/h3-6,9-11,13,15H,1-2,7-8,12H2,(H2,34,36,37)/t15-/m1/s1. The Bertz CT molecular complexity index is 1560. The zero-order valence-corrected chi connectivity index (χ0v) is 20.6. The van der Waals surface area contributed by atoms with Gasteiger partial charge in [0.25, 0.3) is 5.91 Å². The van der Waals surface area contributed by atoms with E-state index in [0.29, 0.717) is 25.3 Å². The summed E-state index contributed by atoms with van der Waals surface area (Å²) in [6.07, 6.45) is -6.49. The van der Waals surface area contributed by atoms with Gasteiger partial charge in [-0.05, 0) is 55.0 Å². The molecule has 1 amide bonds. The summed E-state index contributed by atoms with van der Waals surface area (Å²) in [7, 11) is 0. The van der Waals surface area contributed by atoms with E-state index in [2.05, 4.69) is 15.1 Å². The summed E-state index contributed by atoms with van der Waals surface area (Å²) in [5.74, 6) is -1.91. The molecular formula is C26H21F7N6O. The predicted molar refractivity (Wildman–Crippen MR) is 129 cm³/mol. The van der Waals surface area contributed by atoms with Gasteiger partial charge in [0, 0.05) is 24.8 Å². The highest BCUT2D eigenvalue weighted by Gasteiger charge is 2.40. The summed E-state index contributed by atoms with van der Waals surface area (Å²) < 4.78 is 97.0. The second-order valence-corrected chi connectivity index (χ2v) is 9.55. The summed E-state index contributed by atoms with van der Waals surface area (Å²) >= 11 is 0. The zero-order valence-electron chi connectivity index (χ0n) is 20.6. The molecule has 1 aliphatic rings. The Kier molecular flexibility index (Phi) is 6.88. The van der Waals surface area contributed by atoms with Gasteiger partial charge in [-0.1, -0.05) is 12.1 Å². The zero-order chi connectivity index (χ0) is 28.8. The number of nitrogens with zero attached hydrogens (tertiary/aromatic N) is 5. The summed E-state index contributed by atoms with van der Waals surface area (Å²) in [6, 6.07) is 7.39. The van der Waals surface area contributed by atoms with Gasteiger partial charge in [-0.25, -0.2) is 13.9 Å². The number of carbonyl (C=O) groups is 1. The molecule has 0 unspecified atom stereocenters. The predicted octanol–water partition coefficient (Wildman–Crippen LogP) is 5.65. The Morgan fingerprint density at radius 3 is 2.42 bits per heavy atom. The number of halogens is 7. The van der Waals surface area contributed by atoms with Crippen molar-refractivity contribution < 1.29 is 35.5 Å². The van der Waals surface area contributed by atoms with Crippen molar-refractivity contribution in [3.05, 3.63) is 77.1 Å². The number of nitrogens with two attached hydrogens (primary N) is 1. The number of likely N-dealkylation sites (tertiary alicyclic amines) is 1. The number of rotatable bonds is 4. The van der Waals surface area contributed by atoms with Crippen LogP contribution in [0.15, 0.2) is 48.9 Å². The Morgan fingerprint density at radius 2 is 1.75 bits per heavy atom. The van der Waals surface area contributed by atoms with Crippen molar-refractivity contribution in [3.63, 3.8) is 0 Å². The minimum absolute atomic E-state index is 0.0859. The molecule has 2 N–H and O–H groups in total. The van der Waals surface area contributed by atoms with E-state index in [0.717, 1.165) is 28.7 Å². The number of piperidine rings is 1. The van der Waals surface area contributed by atoms with E-state index in [1.54, 1.807) is 12.1 Å². The number of hydrogen-bond donors (Lipinski definition) is 1. The first-order valence-corrected chi connectivity index (χ1v) is 12.1. The van der Waals surface area contributed by atoms with Crippen molar-refractivity contribution in [1.29, 1.82) is 0 Å². The van der Waals surface area contributed by atoms with Crippen LogP contribution >= 0.6 is 0 Å². The maximum Gasteiger partial charge on any atom is 0.434 e. The second-order valence-electron chi connectivity index (χ2n) is 9.55. The molecule has 1 saturated heterocycles. The lowest BCUT2D eigenvalue weighted by molar-refractivity contribution is -0.141. The molecule has 3 aromatic heterocycles. The Morgan fingerprint density at radius 1 is 1.02 bits per heavy atom. The third-order valence-corrected chi connectivity index (χ3v) is 6.81. The van der Waals surface area contributed by atoms with Gasteiger partial charge in [0.1, 0.15) is 17.7 Å². The molecule has 0 aliphatic carbocycles. The fourth-order valence-electron chi connectivity index (χ4n) is 5.02. The number of anilines is 1. The minimum Gasteiger partial charge on any atom is -0.382 e. The third kappa shape index (κ3) is 5.29. The van der Waals surface area contributed by atoms with Crippen LogP contribution in [-0.4, -0.2) is 43.5 Å². The van der Waals surface area contributed by atoms with Crippen LogP contribution in [0.3, 0.4) is 0 Å². The van der Waals surface area contributed by atoms with Crippen LogP contribution < -0.4 is 5.73 Å². The minimum atomic E-state index is -5.00. The molecular weight excluding hydrogens is 545 g/mol. The largest absolute Gasteiger partial charge is 0.434 e. The highest BCUT2D eigenvalue weighted by atomic mass is 19.4. The van der Waals surface area contributed by atoms with Crippen LogP contribution in [0, 0.1) is 11.7 Å². The lowest BCUT2D eigenvalue weighted by Crippen LogP contribution is -2.41. The molecule has 0 spiro atoms. The van der Waals surface area contributed by atoms with Gasteiger partial charge in [-0.2, -0.15) is 31.4 Å². The van der Waals surface area contributed by atoms with Crippen molar-refractivity contribution in [2.45, 2.75) is 31.6 Å². The number of benzene rings is 1. The number of aromatic nitrogens is 4. The number of nitrogen functional groups attached to an aromatic ring is 1. The lowest BCUT2D eigenvalue weighted by Gasteiger charge is -2.33. The second kappa shape index (κ2) is 10.1. The van der Waals surface area contributed by atoms with Crippen LogP contribution in [0.2, 0.25) is 0 Å². The molecule has 1 fully saturated rings. The SMILES string of the molecule is Nc1ncnn2c(-c3cnc(C(F)(F)F)c(C(=O)N4CCC[C@H](Cc5ccc(F)cc5)C4)c3)cc(C(F)(F)F)c12. The first kappa shape index (κ1) is 27.3. The fourth-order valence-corrected chi connectivity index (χ4v) is 5.02. The molecule has 4 aromatic rings. The van der Waals surface area contributed by atoms with Gasteiger partial charge >= 0.3 is 12.4 Å². The van der Waals surface area contributed by atoms with Gasteiger partial charge in [0.15, 0.2) is 11.5 Å². The molecule has 0 radical (unpaired) electrons. The molecule has 5 rings (SSSR count). The number of fused-ring (bicyclic) bond motifs is 1. The lowest BCUT2D eigenvalue weighted by atomic mass is 9.91. The summed E-state index contributed by atoms with van der Waals surface area (Å²) in [4.78, 5) is 21.8. The first-order valence-electron chi connectivity index (χ1n) is 12.1. The molecule has 4 heterocycles.